The summed E-state index contributed by atoms with van der Waals surface area (Å²) in [6.07, 6.45) is 14.0. The van der Waals surface area contributed by atoms with Gasteiger partial charge in [0.25, 0.3) is 5.91 Å². The predicted octanol–water partition coefficient (Wildman–Crippen LogP) is 6.15. The number of carboxylic acid groups (broad SMARTS) is 1. The Morgan fingerprint density at radius 3 is 1.62 bits per heavy atom. The zero-order chi connectivity index (χ0) is 42.7. The number of nitrogens with one attached hydrogen (secondary N) is 3. The zero-order valence-corrected chi connectivity index (χ0v) is 35.7. The Balaban J connectivity index is 0.000000173. The van der Waals surface area contributed by atoms with Crippen LogP contribution >= 0.6 is 23.2 Å². The van der Waals surface area contributed by atoms with Crippen LogP contribution in [0.15, 0.2) is 48.8 Å². The van der Waals surface area contributed by atoms with Crippen LogP contribution in [0.4, 0.5) is 23.5 Å². The van der Waals surface area contributed by atoms with Crippen molar-refractivity contribution in [1.82, 2.24) is 25.3 Å². The van der Waals surface area contributed by atoms with Gasteiger partial charge in [0.2, 0.25) is 11.9 Å². The van der Waals surface area contributed by atoms with Crippen LogP contribution in [-0.2, 0) is 26.3 Å². The van der Waals surface area contributed by atoms with Crippen molar-refractivity contribution in [2.75, 3.05) is 46.6 Å². The number of hydrogen-bond acceptors (Lipinski definition) is 13. The van der Waals surface area contributed by atoms with E-state index in [1.54, 1.807) is 18.3 Å². The standard InChI is InChI=1S/C25H33ClN6O2.C19H21ClN4O3/c26-21-11-16(1-2-17(21)14-33)12-28-22-20(23(34)30-19-5-3-18(27)4-6-19)13-29-24(31-22)32-10-9-25(15-32)7-8-25;20-15-7-12(1-2-13(15)10-25)8-21-16-14(17(26)27)9-22-18(23-16)24-6-5-19(11-24)3-4-19/h1-2,11,13,18-19,33H,3-10,12,14-15,27H2,(H,30,34)(H,28,29,31);1-2,7,9,25H,3-6,8,10-11H2,(H,26,27)(H,21,22,23). The number of hydrogen-bond donors (Lipinski definition) is 7. The minimum atomic E-state index is -1.07. The zero-order valence-electron chi connectivity index (χ0n) is 34.2. The van der Waals surface area contributed by atoms with Crippen molar-refractivity contribution >= 4 is 58.6 Å². The summed E-state index contributed by atoms with van der Waals surface area (Å²) < 4.78 is 0. The van der Waals surface area contributed by atoms with Gasteiger partial charge in [-0.1, -0.05) is 47.5 Å². The highest BCUT2D eigenvalue weighted by atomic mass is 35.5. The van der Waals surface area contributed by atoms with E-state index in [9.17, 15) is 24.9 Å². The maximum Gasteiger partial charge on any atom is 0.341 e. The van der Waals surface area contributed by atoms with Crippen LogP contribution in [0.3, 0.4) is 0 Å². The Morgan fingerprint density at radius 1 is 0.721 bits per heavy atom. The van der Waals surface area contributed by atoms with Crippen molar-refractivity contribution in [3.8, 4) is 0 Å². The van der Waals surface area contributed by atoms with Crippen LogP contribution in [-0.4, -0.2) is 85.4 Å². The third kappa shape index (κ3) is 10.3. The first-order valence-electron chi connectivity index (χ1n) is 21.2. The van der Waals surface area contributed by atoms with Gasteiger partial charge >= 0.3 is 5.97 Å². The Bertz CT molecular complexity index is 2250. The van der Waals surface area contributed by atoms with Crippen LogP contribution in [0, 0.1) is 10.8 Å². The Morgan fingerprint density at radius 2 is 1.20 bits per heavy atom. The number of benzene rings is 2. The Labute approximate surface area is 365 Å². The number of carbonyl (C=O) groups is 2. The second kappa shape index (κ2) is 18.3. The molecule has 4 heterocycles. The van der Waals surface area contributed by atoms with Crippen molar-refractivity contribution < 1.29 is 24.9 Å². The summed E-state index contributed by atoms with van der Waals surface area (Å²) >= 11 is 12.4. The lowest BCUT2D eigenvalue weighted by molar-refractivity contribution is 0.0696. The van der Waals surface area contributed by atoms with E-state index >= 15 is 0 Å². The van der Waals surface area contributed by atoms with E-state index in [2.05, 4.69) is 40.7 Å². The molecule has 61 heavy (non-hydrogen) atoms. The van der Waals surface area contributed by atoms with Crippen LogP contribution in [0.25, 0.3) is 0 Å². The summed E-state index contributed by atoms with van der Waals surface area (Å²) in [6.45, 7) is 4.37. The molecule has 15 nitrogen and oxygen atoms in total. The monoisotopic (exact) mass is 872 g/mol. The van der Waals surface area contributed by atoms with E-state index in [-0.39, 0.29) is 36.8 Å². The van der Waals surface area contributed by atoms with Gasteiger partial charge in [-0.25, -0.2) is 14.8 Å². The molecule has 0 atom stereocenters. The minimum absolute atomic E-state index is 0.0390. The highest BCUT2D eigenvalue weighted by Gasteiger charge is 2.49. The quantitative estimate of drug-likeness (QED) is 0.0803. The fourth-order valence-corrected chi connectivity index (χ4v) is 9.11. The predicted molar refractivity (Wildman–Crippen MR) is 235 cm³/mol. The number of aromatic carboxylic acids is 1. The lowest BCUT2D eigenvalue weighted by Gasteiger charge is -2.27. The molecule has 0 radical (unpaired) electrons. The third-order valence-electron chi connectivity index (χ3n) is 13.0. The maximum atomic E-state index is 13.2. The smallest absolute Gasteiger partial charge is 0.341 e. The number of carboxylic acids is 1. The number of aliphatic hydroxyl groups excluding tert-OH is 2. The Kier molecular flexibility index (Phi) is 12.8. The van der Waals surface area contributed by atoms with Crippen LogP contribution in [0.5, 0.6) is 0 Å². The number of halogens is 2. The highest BCUT2D eigenvalue weighted by molar-refractivity contribution is 6.31. The third-order valence-corrected chi connectivity index (χ3v) is 13.7. The van der Waals surface area contributed by atoms with Gasteiger partial charge in [-0.05, 0) is 109 Å². The lowest BCUT2D eigenvalue weighted by atomic mass is 9.91. The molecule has 0 unspecified atom stereocenters. The van der Waals surface area contributed by atoms with Crippen molar-refractivity contribution in [2.24, 2.45) is 16.6 Å². The second-order valence-electron chi connectivity index (χ2n) is 17.5. The summed E-state index contributed by atoms with van der Waals surface area (Å²) in [5.41, 5.74) is 10.5. The molecular weight excluding hydrogens is 819 g/mol. The molecule has 0 bridgehead atoms. The number of aromatic nitrogens is 4. The summed E-state index contributed by atoms with van der Waals surface area (Å²) in [7, 11) is 0. The SMILES string of the molecule is NC1CCC(NC(=O)c2cnc(N3CCC4(CC4)C3)nc2NCc2ccc(CO)c(Cl)c2)CC1.O=C(O)c1cnc(N2CCC3(CC3)C2)nc1NCc1ccc(CO)c(Cl)c1. The average Bonchev–Trinajstić information content (AvgIpc) is 4.11. The summed E-state index contributed by atoms with van der Waals surface area (Å²) in [6, 6.07) is 11.2. The van der Waals surface area contributed by atoms with Crippen LogP contribution in [0.1, 0.15) is 107 Å². The van der Waals surface area contributed by atoms with Crippen molar-refractivity contribution in [2.45, 2.75) is 103 Å². The molecule has 8 N–H and O–H groups in total. The molecule has 5 fully saturated rings. The molecule has 3 aliphatic carbocycles. The number of rotatable bonds is 13. The number of nitrogens with zero attached hydrogens (tertiary/aromatic N) is 6. The first-order valence-corrected chi connectivity index (χ1v) is 22.0. The molecule has 1 amide bonds. The van der Waals surface area contributed by atoms with Crippen molar-refractivity contribution in [1.29, 1.82) is 0 Å². The molecule has 2 aliphatic heterocycles. The van der Waals surface area contributed by atoms with E-state index < -0.39 is 5.97 Å². The van der Waals surface area contributed by atoms with E-state index in [0.717, 1.165) is 69.4 Å². The van der Waals surface area contributed by atoms with Gasteiger partial charge in [0.15, 0.2) is 0 Å². The Hall–Kier alpha value is -4.80. The molecule has 2 saturated heterocycles. The van der Waals surface area contributed by atoms with E-state index in [4.69, 9.17) is 33.9 Å². The summed E-state index contributed by atoms with van der Waals surface area (Å²) in [5, 5.41) is 38.6. The fourth-order valence-electron chi connectivity index (χ4n) is 8.58. The highest BCUT2D eigenvalue weighted by Crippen LogP contribution is 2.54. The normalized spacial score (nSPS) is 20.6. The number of anilines is 4. The molecule has 3 saturated carbocycles. The summed E-state index contributed by atoms with van der Waals surface area (Å²) in [4.78, 5) is 47.2. The molecule has 17 heteroatoms. The van der Waals surface area contributed by atoms with E-state index in [1.807, 2.05) is 24.3 Å². The van der Waals surface area contributed by atoms with Crippen LogP contribution in [0.2, 0.25) is 10.0 Å². The van der Waals surface area contributed by atoms with Crippen molar-refractivity contribution in [3.63, 3.8) is 0 Å². The molecule has 9 rings (SSSR count). The van der Waals surface area contributed by atoms with Crippen LogP contribution < -0.4 is 31.5 Å². The van der Waals surface area contributed by atoms with E-state index in [1.165, 1.54) is 38.3 Å². The summed E-state index contributed by atoms with van der Waals surface area (Å²) in [5.74, 6) is 0.821. The maximum absolute atomic E-state index is 13.2. The average molecular weight is 874 g/mol. The van der Waals surface area contributed by atoms with Gasteiger partial charge in [0.05, 0.1) is 13.2 Å². The molecule has 5 aliphatic rings. The van der Waals surface area contributed by atoms with Gasteiger partial charge in [-0.2, -0.15) is 9.97 Å². The second-order valence-corrected chi connectivity index (χ2v) is 18.3. The molecule has 2 spiro atoms. The fraction of sp³-hybridized carbons (Fsp3) is 0.500. The minimum Gasteiger partial charge on any atom is -0.477 e. The molecular formula is C44H54Cl2N10O5. The van der Waals surface area contributed by atoms with Crippen molar-refractivity contribution in [3.05, 3.63) is 92.2 Å². The van der Waals surface area contributed by atoms with Gasteiger partial charge < -0.3 is 46.8 Å². The lowest BCUT2D eigenvalue weighted by Crippen LogP contribution is -2.40. The number of nitrogens with two attached hydrogens (primary N) is 1. The van der Waals surface area contributed by atoms with E-state index in [0.29, 0.717) is 74.2 Å². The molecule has 2 aromatic carbocycles. The topological polar surface area (TPSA) is 215 Å². The van der Waals surface area contributed by atoms with Gasteiger partial charge in [-0.3, -0.25) is 4.79 Å². The first-order chi connectivity index (χ1) is 29.4. The van der Waals surface area contributed by atoms with Gasteiger partial charge in [0.1, 0.15) is 22.8 Å². The largest absolute Gasteiger partial charge is 0.477 e. The number of aliphatic hydroxyl groups is 2. The van der Waals surface area contributed by atoms with Gasteiger partial charge in [-0.15, -0.1) is 0 Å². The number of amides is 1. The van der Waals surface area contributed by atoms with Gasteiger partial charge in [0, 0.05) is 73.8 Å². The number of carbonyl (C=O) groups excluding carboxylic acids is 1. The molecule has 2 aromatic heterocycles. The molecule has 4 aromatic rings. The first kappa shape index (κ1) is 42.9. The molecule has 324 valence electrons.